The van der Waals surface area contributed by atoms with Gasteiger partial charge in [0.15, 0.2) is 0 Å². The molecule has 0 fully saturated rings. The first kappa shape index (κ1) is 13.8. The molecule has 92 valence electrons. The summed E-state index contributed by atoms with van der Waals surface area (Å²) in [7, 11) is 1.69. The number of unbranched alkanes of at least 4 members (excludes halogenated alkanes) is 2. The summed E-state index contributed by atoms with van der Waals surface area (Å²) in [5, 5.41) is 1.04. The zero-order valence-corrected chi connectivity index (χ0v) is 11.6. The number of hydrogen-bond acceptors (Lipinski definition) is 2. The van der Waals surface area contributed by atoms with Crippen molar-refractivity contribution in [3.05, 3.63) is 11.8 Å². The van der Waals surface area contributed by atoms with Gasteiger partial charge in [0.1, 0.15) is 5.78 Å². The number of halogens is 1. The van der Waals surface area contributed by atoms with Crippen molar-refractivity contribution in [3.8, 4) is 0 Å². The number of alkyl halides is 1. The number of ether oxygens (including phenoxy) is 1. The van der Waals surface area contributed by atoms with Crippen LogP contribution in [0.25, 0.3) is 0 Å². The third-order valence-corrected chi connectivity index (χ3v) is 3.62. The van der Waals surface area contributed by atoms with E-state index in [1.807, 2.05) is 6.08 Å². The molecule has 0 N–H and O–H groups in total. The lowest BCUT2D eigenvalue weighted by atomic mass is 9.89. The Labute approximate surface area is 107 Å². The van der Waals surface area contributed by atoms with Gasteiger partial charge in [0.2, 0.25) is 0 Å². The van der Waals surface area contributed by atoms with Crippen molar-refractivity contribution in [2.24, 2.45) is 5.92 Å². The van der Waals surface area contributed by atoms with Crippen molar-refractivity contribution in [1.29, 1.82) is 0 Å². The number of methoxy groups -OCH3 is 1. The molecule has 0 bridgehead atoms. The average Bonchev–Trinajstić information content (AvgIpc) is 2.34. The number of hydrogen-bond donors (Lipinski definition) is 0. The molecule has 1 unspecified atom stereocenters. The second kappa shape index (κ2) is 7.88. The largest absolute Gasteiger partial charge is 0.501 e. The highest BCUT2D eigenvalue weighted by molar-refractivity contribution is 9.09. The lowest BCUT2D eigenvalue weighted by Crippen LogP contribution is -2.16. The van der Waals surface area contributed by atoms with Crippen LogP contribution >= 0.6 is 15.9 Å². The fraction of sp³-hybridized carbons (Fsp3) is 0.769. The van der Waals surface area contributed by atoms with Gasteiger partial charge in [-0.3, -0.25) is 4.79 Å². The molecule has 1 atom stereocenters. The summed E-state index contributed by atoms with van der Waals surface area (Å²) in [6.45, 7) is 0. The molecule has 1 rings (SSSR count). The molecular formula is C13H21BrO2. The second-order valence-corrected chi connectivity index (χ2v) is 5.09. The number of carbonyl (C=O) groups excluding carboxylic acids is 1. The molecular weight excluding hydrogens is 268 g/mol. The first-order valence-corrected chi connectivity index (χ1v) is 7.23. The Bertz CT molecular complexity index is 248. The van der Waals surface area contributed by atoms with Crippen LogP contribution in [0.15, 0.2) is 11.8 Å². The highest BCUT2D eigenvalue weighted by Gasteiger charge is 2.20. The normalized spacial score (nSPS) is 20.4. The summed E-state index contributed by atoms with van der Waals surface area (Å²) in [6.07, 6.45) is 9.16. The average molecular weight is 289 g/mol. The van der Waals surface area contributed by atoms with Gasteiger partial charge < -0.3 is 4.74 Å². The topological polar surface area (TPSA) is 26.3 Å². The van der Waals surface area contributed by atoms with Crippen molar-refractivity contribution >= 4 is 21.7 Å². The quantitative estimate of drug-likeness (QED) is 0.526. The van der Waals surface area contributed by atoms with E-state index in [9.17, 15) is 4.79 Å². The molecule has 0 heterocycles. The van der Waals surface area contributed by atoms with E-state index in [0.29, 0.717) is 5.78 Å². The zero-order chi connectivity index (χ0) is 11.8. The lowest BCUT2D eigenvalue weighted by Gasteiger charge is -2.19. The third-order valence-electron chi connectivity index (χ3n) is 3.06. The molecule has 16 heavy (non-hydrogen) atoms. The van der Waals surface area contributed by atoms with Crippen LogP contribution in [0.4, 0.5) is 0 Å². The minimum absolute atomic E-state index is 0.118. The maximum absolute atomic E-state index is 11.9. The van der Waals surface area contributed by atoms with Gasteiger partial charge >= 0.3 is 0 Å². The lowest BCUT2D eigenvalue weighted by molar-refractivity contribution is -0.122. The monoisotopic (exact) mass is 288 g/mol. The van der Waals surface area contributed by atoms with Gasteiger partial charge in [0, 0.05) is 24.1 Å². The van der Waals surface area contributed by atoms with Crippen molar-refractivity contribution in [3.63, 3.8) is 0 Å². The minimum Gasteiger partial charge on any atom is -0.501 e. The van der Waals surface area contributed by atoms with Crippen LogP contribution in [0.1, 0.15) is 44.9 Å². The summed E-state index contributed by atoms with van der Waals surface area (Å²) in [5.74, 6) is 1.50. The fourth-order valence-corrected chi connectivity index (χ4v) is 2.46. The molecule has 3 heteroatoms. The van der Waals surface area contributed by atoms with Crippen molar-refractivity contribution in [2.45, 2.75) is 44.9 Å². The van der Waals surface area contributed by atoms with E-state index >= 15 is 0 Å². The van der Waals surface area contributed by atoms with Gasteiger partial charge in [0.05, 0.1) is 12.9 Å². The Balaban J connectivity index is 2.30. The molecule has 0 aromatic carbocycles. The molecule has 0 spiro atoms. The summed E-state index contributed by atoms with van der Waals surface area (Å²) >= 11 is 3.40. The van der Waals surface area contributed by atoms with Gasteiger partial charge in [-0.2, -0.15) is 0 Å². The Morgan fingerprint density at radius 1 is 1.50 bits per heavy atom. The Hall–Kier alpha value is -0.310. The van der Waals surface area contributed by atoms with Crippen molar-refractivity contribution in [2.75, 3.05) is 12.4 Å². The molecule has 0 aliphatic heterocycles. The summed E-state index contributed by atoms with van der Waals surface area (Å²) in [6, 6.07) is 0. The maximum Gasteiger partial charge on any atom is 0.139 e. The molecule has 2 nitrogen and oxygen atoms in total. The van der Waals surface area contributed by atoms with E-state index in [4.69, 9.17) is 4.74 Å². The fourth-order valence-electron chi connectivity index (χ4n) is 2.07. The first-order valence-electron chi connectivity index (χ1n) is 6.11. The van der Waals surface area contributed by atoms with Crippen LogP contribution in [0.3, 0.4) is 0 Å². The number of rotatable bonds is 7. The SMILES string of the molecule is COC1=CC(C(=O)CCCCCBr)CCC1. The van der Waals surface area contributed by atoms with Gasteiger partial charge in [-0.05, 0) is 31.8 Å². The molecule has 0 saturated heterocycles. The molecule has 0 radical (unpaired) electrons. The van der Waals surface area contributed by atoms with Crippen LogP contribution in [0.2, 0.25) is 0 Å². The second-order valence-electron chi connectivity index (χ2n) is 4.30. The predicted octanol–water partition coefficient (Wildman–Crippen LogP) is 3.84. The number of Topliss-reactive ketones (excluding diaryl/α,β-unsaturated/α-hetero) is 1. The summed E-state index contributed by atoms with van der Waals surface area (Å²) < 4.78 is 5.22. The smallest absolute Gasteiger partial charge is 0.139 e. The molecule has 0 amide bonds. The van der Waals surface area contributed by atoms with Crippen LogP contribution in [-0.4, -0.2) is 18.2 Å². The summed E-state index contributed by atoms with van der Waals surface area (Å²) in [4.78, 5) is 11.9. The van der Waals surface area contributed by atoms with E-state index in [1.54, 1.807) is 7.11 Å². The predicted molar refractivity (Wildman–Crippen MR) is 69.7 cm³/mol. The molecule has 1 aliphatic carbocycles. The molecule has 0 aromatic rings. The van der Waals surface area contributed by atoms with Crippen LogP contribution in [0, 0.1) is 5.92 Å². The van der Waals surface area contributed by atoms with Gasteiger partial charge in [-0.15, -0.1) is 0 Å². The highest BCUT2D eigenvalue weighted by Crippen LogP contribution is 2.25. The zero-order valence-electron chi connectivity index (χ0n) is 10.0. The summed E-state index contributed by atoms with van der Waals surface area (Å²) in [5.41, 5.74) is 0. The first-order chi connectivity index (χ1) is 7.77. The van der Waals surface area contributed by atoms with E-state index in [-0.39, 0.29) is 5.92 Å². The highest BCUT2D eigenvalue weighted by atomic mass is 79.9. The number of carbonyl (C=O) groups is 1. The number of allylic oxidation sites excluding steroid dienone is 2. The van der Waals surface area contributed by atoms with E-state index in [2.05, 4.69) is 15.9 Å². The number of ketones is 1. The van der Waals surface area contributed by atoms with E-state index in [0.717, 1.165) is 56.0 Å². The third kappa shape index (κ3) is 4.69. The van der Waals surface area contributed by atoms with E-state index in [1.165, 1.54) is 0 Å². The molecule has 1 aliphatic rings. The van der Waals surface area contributed by atoms with Gasteiger partial charge in [-0.25, -0.2) is 0 Å². The molecule has 0 aromatic heterocycles. The molecule has 0 saturated carbocycles. The Morgan fingerprint density at radius 3 is 3.00 bits per heavy atom. The maximum atomic E-state index is 11.9. The van der Waals surface area contributed by atoms with Crippen LogP contribution < -0.4 is 0 Å². The Morgan fingerprint density at radius 2 is 2.31 bits per heavy atom. The van der Waals surface area contributed by atoms with Gasteiger partial charge in [0.25, 0.3) is 0 Å². The van der Waals surface area contributed by atoms with Crippen LogP contribution in [-0.2, 0) is 9.53 Å². The van der Waals surface area contributed by atoms with Crippen molar-refractivity contribution in [1.82, 2.24) is 0 Å². The van der Waals surface area contributed by atoms with Crippen LogP contribution in [0.5, 0.6) is 0 Å². The van der Waals surface area contributed by atoms with Crippen molar-refractivity contribution < 1.29 is 9.53 Å². The standard InChI is InChI=1S/C13H21BrO2/c1-16-12-7-5-6-11(10-12)13(15)8-3-2-4-9-14/h10-11H,2-9H2,1H3. The van der Waals surface area contributed by atoms with E-state index < -0.39 is 0 Å². The Kier molecular flexibility index (Phi) is 6.78. The minimum atomic E-state index is 0.118. The van der Waals surface area contributed by atoms with Gasteiger partial charge in [-0.1, -0.05) is 22.4 Å².